The van der Waals surface area contributed by atoms with Gasteiger partial charge in [0.2, 0.25) is 5.88 Å². The first-order chi connectivity index (χ1) is 11.3. The number of likely N-dealkylation sites (tertiary alicyclic amines) is 1. The highest BCUT2D eigenvalue weighted by Gasteiger charge is 2.24. The average molecular weight is 308 g/mol. The predicted octanol–water partition coefficient (Wildman–Crippen LogP) is 2.03. The van der Waals surface area contributed by atoms with Crippen molar-refractivity contribution in [2.24, 2.45) is 0 Å². The lowest BCUT2D eigenvalue weighted by molar-refractivity contribution is 0.0587. The van der Waals surface area contributed by atoms with Gasteiger partial charge in [-0.3, -0.25) is 9.78 Å². The molecule has 1 aromatic carbocycles. The first-order valence-electron chi connectivity index (χ1n) is 7.48. The molecule has 116 valence electrons. The second-order valence-corrected chi connectivity index (χ2v) is 5.34. The quantitative estimate of drug-likeness (QED) is 0.867. The highest BCUT2D eigenvalue weighted by atomic mass is 16.5. The van der Waals surface area contributed by atoms with Crippen LogP contribution in [0.15, 0.2) is 42.9 Å². The van der Waals surface area contributed by atoms with E-state index in [1.54, 1.807) is 42.9 Å². The summed E-state index contributed by atoms with van der Waals surface area (Å²) in [5.74, 6) is 0.511. The molecule has 0 aliphatic carbocycles. The van der Waals surface area contributed by atoms with Crippen LogP contribution in [0, 0.1) is 11.3 Å². The number of nitrogens with zero attached hydrogens (tertiary/aromatic N) is 4. The van der Waals surface area contributed by atoms with Gasteiger partial charge < -0.3 is 9.64 Å². The number of carbonyl (C=O) groups excluding carboxylic acids is 1. The Balaban J connectivity index is 1.56. The van der Waals surface area contributed by atoms with Gasteiger partial charge in [-0.25, -0.2) is 4.98 Å². The maximum absolute atomic E-state index is 12.4. The zero-order valence-corrected chi connectivity index (χ0v) is 12.6. The van der Waals surface area contributed by atoms with Crippen LogP contribution in [0.5, 0.6) is 5.88 Å². The summed E-state index contributed by atoms with van der Waals surface area (Å²) in [5.41, 5.74) is 1.16. The molecular weight excluding hydrogens is 292 g/mol. The third kappa shape index (κ3) is 3.64. The van der Waals surface area contributed by atoms with E-state index in [1.165, 1.54) is 0 Å². The lowest BCUT2D eigenvalue weighted by Crippen LogP contribution is -2.41. The molecule has 1 fully saturated rings. The van der Waals surface area contributed by atoms with E-state index in [9.17, 15) is 4.79 Å². The summed E-state index contributed by atoms with van der Waals surface area (Å²) in [6.07, 6.45) is 6.37. The van der Waals surface area contributed by atoms with Crippen molar-refractivity contribution in [3.63, 3.8) is 0 Å². The second-order valence-electron chi connectivity index (χ2n) is 5.34. The van der Waals surface area contributed by atoms with Crippen molar-refractivity contribution in [3.8, 4) is 11.9 Å². The van der Waals surface area contributed by atoms with E-state index in [0.29, 0.717) is 30.1 Å². The van der Waals surface area contributed by atoms with Crippen LogP contribution >= 0.6 is 0 Å². The lowest BCUT2D eigenvalue weighted by Gasteiger charge is -2.31. The Kier molecular flexibility index (Phi) is 4.48. The SMILES string of the molecule is N#Cc1ccc(C(=O)N2CCC(Oc3cnccn3)CC2)cc1. The Morgan fingerprint density at radius 3 is 2.57 bits per heavy atom. The van der Waals surface area contributed by atoms with E-state index in [2.05, 4.69) is 9.97 Å². The van der Waals surface area contributed by atoms with Gasteiger partial charge in [0, 0.05) is 43.9 Å². The molecule has 2 aromatic rings. The summed E-state index contributed by atoms with van der Waals surface area (Å²) in [6, 6.07) is 8.77. The standard InChI is InChI=1S/C17H16N4O2/c18-11-13-1-3-14(4-2-13)17(22)21-9-5-15(6-10-21)23-16-12-19-7-8-20-16/h1-4,7-8,12,15H,5-6,9-10H2. The number of amides is 1. The summed E-state index contributed by atoms with van der Waals surface area (Å²) in [5, 5.41) is 8.80. The maximum atomic E-state index is 12.4. The molecule has 3 rings (SSSR count). The Labute approximate surface area is 134 Å². The van der Waals surface area contributed by atoms with Gasteiger partial charge in [-0.15, -0.1) is 0 Å². The minimum atomic E-state index is -0.00700. The van der Waals surface area contributed by atoms with Crippen LogP contribution in [0.3, 0.4) is 0 Å². The highest BCUT2D eigenvalue weighted by molar-refractivity contribution is 5.94. The Hall–Kier alpha value is -2.94. The number of rotatable bonds is 3. The third-order valence-electron chi connectivity index (χ3n) is 3.82. The molecule has 1 aliphatic heterocycles. The van der Waals surface area contributed by atoms with Crippen LogP contribution in [-0.4, -0.2) is 40.0 Å². The first kappa shape index (κ1) is 15.0. The summed E-state index contributed by atoms with van der Waals surface area (Å²) in [4.78, 5) is 22.3. The van der Waals surface area contributed by atoms with E-state index in [4.69, 9.17) is 10.00 Å². The average Bonchev–Trinajstić information content (AvgIpc) is 2.63. The zero-order valence-electron chi connectivity index (χ0n) is 12.6. The van der Waals surface area contributed by atoms with Crippen LogP contribution in [0.4, 0.5) is 0 Å². The molecule has 0 radical (unpaired) electrons. The molecule has 1 amide bonds. The van der Waals surface area contributed by atoms with Crippen molar-refractivity contribution in [2.75, 3.05) is 13.1 Å². The first-order valence-corrected chi connectivity index (χ1v) is 7.48. The van der Waals surface area contributed by atoms with Gasteiger partial charge in [0.05, 0.1) is 17.8 Å². The van der Waals surface area contributed by atoms with Crippen molar-refractivity contribution >= 4 is 5.91 Å². The molecule has 1 aromatic heterocycles. The summed E-state index contributed by atoms with van der Waals surface area (Å²) >= 11 is 0. The maximum Gasteiger partial charge on any atom is 0.253 e. The number of piperidine rings is 1. The number of benzene rings is 1. The summed E-state index contributed by atoms with van der Waals surface area (Å²) in [7, 11) is 0. The molecule has 0 unspecified atom stereocenters. The van der Waals surface area contributed by atoms with Gasteiger partial charge in [-0.05, 0) is 24.3 Å². The molecule has 6 nitrogen and oxygen atoms in total. The second kappa shape index (κ2) is 6.88. The fourth-order valence-corrected chi connectivity index (χ4v) is 2.56. The van der Waals surface area contributed by atoms with Gasteiger partial charge >= 0.3 is 0 Å². The fraction of sp³-hybridized carbons (Fsp3) is 0.294. The van der Waals surface area contributed by atoms with Crippen LogP contribution < -0.4 is 4.74 Å². The number of hydrogen-bond acceptors (Lipinski definition) is 5. The molecule has 0 spiro atoms. The Morgan fingerprint density at radius 1 is 1.22 bits per heavy atom. The Bertz CT molecular complexity index is 702. The fourth-order valence-electron chi connectivity index (χ4n) is 2.56. The van der Waals surface area contributed by atoms with Crippen molar-refractivity contribution < 1.29 is 9.53 Å². The van der Waals surface area contributed by atoms with Crippen molar-refractivity contribution in [2.45, 2.75) is 18.9 Å². The molecular formula is C17H16N4O2. The van der Waals surface area contributed by atoms with Crippen molar-refractivity contribution in [1.29, 1.82) is 5.26 Å². The van der Waals surface area contributed by atoms with Gasteiger partial charge in [-0.1, -0.05) is 0 Å². The molecule has 0 atom stereocenters. The number of nitriles is 1. The van der Waals surface area contributed by atoms with E-state index >= 15 is 0 Å². The molecule has 1 aliphatic rings. The van der Waals surface area contributed by atoms with Crippen LogP contribution in [-0.2, 0) is 0 Å². The molecule has 1 saturated heterocycles. The van der Waals surface area contributed by atoms with E-state index in [0.717, 1.165) is 12.8 Å². The van der Waals surface area contributed by atoms with Crippen molar-refractivity contribution in [1.82, 2.24) is 14.9 Å². The predicted molar refractivity (Wildman–Crippen MR) is 82.7 cm³/mol. The summed E-state index contributed by atoms with van der Waals surface area (Å²) < 4.78 is 5.77. The van der Waals surface area contributed by atoms with Crippen LogP contribution in [0.25, 0.3) is 0 Å². The molecule has 0 N–H and O–H groups in total. The number of hydrogen-bond donors (Lipinski definition) is 0. The minimum absolute atomic E-state index is 0.00700. The van der Waals surface area contributed by atoms with Gasteiger partial charge in [0.15, 0.2) is 0 Å². The molecule has 2 heterocycles. The topological polar surface area (TPSA) is 79.1 Å². The Morgan fingerprint density at radius 2 is 1.96 bits per heavy atom. The van der Waals surface area contributed by atoms with Gasteiger partial charge in [0.1, 0.15) is 6.10 Å². The van der Waals surface area contributed by atoms with Crippen LogP contribution in [0.2, 0.25) is 0 Å². The number of aromatic nitrogens is 2. The normalized spacial score (nSPS) is 15.0. The zero-order chi connectivity index (χ0) is 16.1. The van der Waals surface area contributed by atoms with E-state index in [-0.39, 0.29) is 12.0 Å². The smallest absolute Gasteiger partial charge is 0.253 e. The third-order valence-corrected chi connectivity index (χ3v) is 3.82. The number of carbonyl (C=O) groups is 1. The van der Waals surface area contributed by atoms with Gasteiger partial charge in [0.25, 0.3) is 5.91 Å². The minimum Gasteiger partial charge on any atom is -0.473 e. The lowest BCUT2D eigenvalue weighted by atomic mass is 10.1. The van der Waals surface area contributed by atoms with Gasteiger partial charge in [-0.2, -0.15) is 5.26 Å². The van der Waals surface area contributed by atoms with E-state index in [1.807, 2.05) is 11.0 Å². The molecule has 6 heteroatoms. The van der Waals surface area contributed by atoms with E-state index < -0.39 is 0 Å². The number of ether oxygens (including phenoxy) is 1. The monoisotopic (exact) mass is 308 g/mol. The van der Waals surface area contributed by atoms with Crippen molar-refractivity contribution in [3.05, 3.63) is 54.0 Å². The van der Waals surface area contributed by atoms with Crippen LogP contribution in [0.1, 0.15) is 28.8 Å². The highest BCUT2D eigenvalue weighted by Crippen LogP contribution is 2.18. The summed E-state index contributed by atoms with van der Waals surface area (Å²) in [6.45, 7) is 1.29. The molecule has 0 bridgehead atoms. The molecule has 23 heavy (non-hydrogen) atoms. The molecule has 0 saturated carbocycles. The largest absolute Gasteiger partial charge is 0.473 e.